The molecule has 0 unspecified atom stereocenters. The van der Waals surface area contributed by atoms with Gasteiger partial charge in [0.15, 0.2) is 5.13 Å². The fourth-order valence-electron chi connectivity index (χ4n) is 2.30. The minimum Gasteiger partial charge on any atom is -0.368 e. The van der Waals surface area contributed by atoms with E-state index in [1.165, 1.54) is 11.3 Å². The van der Waals surface area contributed by atoms with Gasteiger partial charge in [0, 0.05) is 21.5 Å². The second kappa shape index (κ2) is 6.25. The molecule has 6 heteroatoms. The van der Waals surface area contributed by atoms with Crippen LogP contribution in [0.4, 0.5) is 5.13 Å². The molecule has 2 aromatic rings. The second-order valence-electron chi connectivity index (χ2n) is 4.92. The first-order valence-electron chi connectivity index (χ1n) is 6.79. The number of anilines is 1. The van der Waals surface area contributed by atoms with Gasteiger partial charge in [0.25, 0.3) is 5.91 Å². The number of nitrogens with one attached hydrogen (secondary N) is 1. The van der Waals surface area contributed by atoms with Gasteiger partial charge in [0.05, 0.1) is 5.69 Å². The van der Waals surface area contributed by atoms with Crippen LogP contribution in [-0.2, 0) is 9.53 Å². The highest BCUT2D eigenvalue weighted by molar-refractivity contribution is 9.10. The summed E-state index contributed by atoms with van der Waals surface area (Å²) in [5.41, 5.74) is 1.96. The largest absolute Gasteiger partial charge is 0.368 e. The summed E-state index contributed by atoms with van der Waals surface area (Å²) in [5, 5.41) is 3.49. The summed E-state index contributed by atoms with van der Waals surface area (Å²) in [6, 6.07) is 7.99. The van der Waals surface area contributed by atoms with Crippen molar-refractivity contribution in [3.63, 3.8) is 0 Å². The average Bonchev–Trinajstić information content (AvgIpc) is 3.10. The average molecular weight is 367 g/mol. The van der Waals surface area contributed by atoms with Gasteiger partial charge in [-0.15, -0.1) is 11.3 Å². The number of carbonyl (C=O) groups excluding carboxylic acids is 1. The lowest BCUT2D eigenvalue weighted by Crippen LogP contribution is -2.26. The molecule has 0 radical (unpaired) electrons. The highest BCUT2D eigenvalue weighted by Gasteiger charge is 2.24. The van der Waals surface area contributed by atoms with Crippen molar-refractivity contribution in [2.24, 2.45) is 0 Å². The molecule has 1 atom stereocenters. The van der Waals surface area contributed by atoms with E-state index in [9.17, 15) is 4.79 Å². The zero-order valence-corrected chi connectivity index (χ0v) is 14.0. The maximum Gasteiger partial charge on any atom is 0.255 e. The maximum absolute atomic E-state index is 12.0. The number of nitrogens with zero attached hydrogens (tertiary/aromatic N) is 1. The smallest absolute Gasteiger partial charge is 0.255 e. The molecule has 1 N–H and O–H groups in total. The van der Waals surface area contributed by atoms with E-state index in [4.69, 9.17) is 4.74 Å². The van der Waals surface area contributed by atoms with Crippen LogP contribution < -0.4 is 5.32 Å². The molecule has 1 aliphatic rings. The minimum atomic E-state index is -0.328. The third-order valence-electron chi connectivity index (χ3n) is 3.37. The van der Waals surface area contributed by atoms with Crippen molar-refractivity contribution in [3.8, 4) is 11.3 Å². The van der Waals surface area contributed by atoms with E-state index in [0.717, 1.165) is 33.4 Å². The SMILES string of the molecule is Cc1sc(NC(=O)[C@@H]2CCCO2)nc1-c1ccc(Br)cc1. The summed E-state index contributed by atoms with van der Waals surface area (Å²) >= 11 is 4.91. The van der Waals surface area contributed by atoms with Gasteiger partial charge < -0.3 is 4.74 Å². The van der Waals surface area contributed by atoms with Crippen molar-refractivity contribution in [2.45, 2.75) is 25.9 Å². The van der Waals surface area contributed by atoms with Crippen molar-refractivity contribution >= 4 is 38.3 Å². The van der Waals surface area contributed by atoms with Gasteiger partial charge >= 0.3 is 0 Å². The van der Waals surface area contributed by atoms with E-state index in [1.54, 1.807) is 0 Å². The predicted octanol–water partition coefficient (Wildman–Crippen LogP) is 4.00. The third kappa shape index (κ3) is 3.33. The van der Waals surface area contributed by atoms with E-state index in [1.807, 2.05) is 31.2 Å². The van der Waals surface area contributed by atoms with Gasteiger partial charge in [-0.1, -0.05) is 28.1 Å². The van der Waals surface area contributed by atoms with Crippen LogP contribution in [0.2, 0.25) is 0 Å². The summed E-state index contributed by atoms with van der Waals surface area (Å²) in [4.78, 5) is 17.7. The van der Waals surface area contributed by atoms with Crippen LogP contribution in [0.15, 0.2) is 28.7 Å². The first-order valence-corrected chi connectivity index (χ1v) is 8.40. The number of amides is 1. The van der Waals surface area contributed by atoms with Gasteiger partial charge in [-0.05, 0) is 31.9 Å². The highest BCUT2D eigenvalue weighted by atomic mass is 79.9. The molecule has 2 heterocycles. The molecular formula is C15H15BrN2O2S. The summed E-state index contributed by atoms with van der Waals surface area (Å²) in [6.45, 7) is 2.68. The molecule has 0 saturated carbocycles. The van der Waals surface area contributed by atoms with Crippen molar-refractivity contribution in [3.05, 3.63) is 33.6 Å². The molecule has 1 amide bonds. The summed E-state index contributed by atoms with van der Waals surface area (Å²) in [6.07, 6.45) is 1.40. The first-order chi connectivity index (χ1) is 10.1. The summed E-state index contributed by atoms with van der Waals surface area (Å²) < 4.78 is 6.41. The molecule has 1 saturated heterocycles. The van der Waals surface area contributed by atoms with Crippen LogP contribution in [0.25, 0.3) is 11.3 Å². The number of carbonyl (C=O) groups is 1. The number of rotatable bonds is 3. The Kier molecular flexibility index (Phi) is 4.37. The van der Waals surface area contributed by atoms with Crippen LogP contribution in [-0.4, -0.2) is 23.6 Å². The van der Waals surface area contributed by atoms with Crippen molar-refractivity contribution in [2.75, 3.05) is 11.9 Å². The number of aryl methyl sites for hydroxylation is 1. The highest BCUT2D eigenvalue weighted by Crippen LogP contribution is 2.31. The zero-order chi connectivity index (χ0) is 14.8. The number of ether oxygens (including phenoxy) is 1. The predicted molar refractivity (Wildman–Crippen MR) is 87.6 cm³/mol. The molecule has 4 nitrogen and oxygen atoms in total. The number of hydrogen-bond acceptors (Lipinski definition) is 4. The van der Waals surface area contributed by atoms with Crippen LogP contribution in [0.1, 0.15) is 17.7 Å². The molecule has 1 aromatic carbocycles. The quantitative estimate of drug-likeness (QED) is 0.892. The van der Waals surface area contributed by atoms with E-state index < -0.39 is 0 Å². The van der Waals surface area contributed by atoms with Gasteiger partial charge in [0.1, 0.15) is 6.10 Å². The minimum absolute atomic E-state index is 0.0939. The molecule has 3 rings (SSSR count). The number of halogens is 1. The van der Waals surface area contributed by atoms with Gasteiger partial charge in [-0.2, -0.15) is 0 Å². The lowest BCUT2D eigenvalue weighted by atomic mass is 10.1. The van der Waals surface area contributed by atoms with Crippen LogP contribution in [0.3, 0.4) is 0 Å². The Labute approximate surface area is 135 Å². The normalized spacial score (nSPS) is 17.9. The van der Waals surface area contributed by atoms with E-state index in [0.29, 0.717) is 11.7 Å². The second-order valence-corrected chi connectivity index (χ2v) is 7.04. The van der Waals surface area contributed by atoms with Crippen LogP contribution in [0.5, 0.6) is 0 Å². The Bertz CT molecular complexity index is 648. The summed E-state index contributed by atoms with van der Waals surface area (Å²) in [7, 11) is 0. The Balaban J connectivity index is 1.77. The van der Waals surface area contributed by atoms with Crippen molar-refractivity contribution < 1.29 is 9.53 Å². The van der Waals surface area contributed by atoms with E-state index >= 15 is 0 Å². The standard InChI is InChI=1S/C15H15BrN2O2S/c1-9-13(10-4-6-11(16)7-5-10)17-15(21-9)18-14(19)12-3-2-8-20-12/h4-7,12H,2-3,8H2,1H3,(H,17,18,19)/t12-/m0/s1. The van der Waals surface area contributed by atoms with Crippen LogP contribution in [0, 0.1) is 6.92 Å². The maximum atomic E-state index is 12.0. The van der Waals surface area contributed by atoms with Crippen molar-refractivity contribution in [1.29, 1.82) is 0 Å². The fraction of sp³-hybridized carbons (Fsp3) is 0.333. The Morgan fingerprint density at radius 2 is 2.19 bits per heavy atom. The fourth-order valence-corrected chi connectivity index (χ4v) is 3.40. The first kappa shape index (κ1) is 14.7. The van der Waals surface area contributed by atoms with Gasteiger partial charge in [0.2, 0.25) is 0 Å². The number of hydrogen-bond donors (Lipinski definition) is 1. The van der Waals surface area contributed by atoms with E-state index in [-0.39, 0.29) is 12.0 Å². The molecule has 0 spiro atoms. The summed E-state index contributed by atoms with van der Waals surface area (Å²) in [5.74, 6) is -0.0939. The Morgan fingerprint density at radius 1 is 1.43 bits per heavy atom. The Hall–Kier alpha value is -1.24. The molecule has 1 aromatic heterocycles. The number of aromatic nitrogens is 1. The lowest BCUT2D eigenvalue weighted by Gasteiger charge is -2.07. The van der Waals surface area contributed by atoms with Gasteiger partial charge in [-0.3, -0.25) is 10.1 Å². The molecule has 110 valence electrons. The zero-order valence-electron chi connectivity index (χ0n) is 11.6. The number of benzene rings is 1. The van der Waals surface area contributed by atoms with Crippen molar-refractivity contribution in [1.82, 2.24) is 4.98 Å². The van der Waals surface area contributed by atoms with Gasteiger partial charge in [-0.25, -0.2) is 4.98 Å². The Morgan fingerprint density at radius 3 is 2.86 bits per heavy atom. The molecule has 0 bridgehead atoms. The molecular weight excluding hydrogens is 352 g/mol. The topological polar surface area (TPSA) is 51.2 Å². The number of thiazole rings is 1. The molecule has 21 heavy (non-hydrogen) atoms. The third-order valence-corrected chi connectivity index (χ3v) is 4.78. The van der Waals surface area contributed by atoms with E-state index in [2.05, 4.69) is 26.2 Å². The molecule has 1 aliphatic heterocycles. The molecule has 1 fully saturated rings. The monoisotopic (exact) mass is 366 g/mol. The van der Waals surface area contributed by atoms with Crippen LogP contribution >= 0.6 is 27.3 Å². The molecule has 0 aliphatic carbocycles. The lowest BCUT2D eigenvalue weighted by molar-refractivity contribution is -0.124.